The Hall–Kier alpha value is -3.96. The van der Waals surface area contributed by atoms with E-state index in [-0.39, 0.29) is 19.3 Å². The molecular formula is C20H18F3N3O6. The summed E-state index contributed by atoms with van der Waals surface area (Å²) in [4.78, 5) is 25.4. The van der Waals surface area contributed by atoms with Gasteiger partial charge in [-0.15, -0.1) is 0 Å². The molecule has 0 spiro atoms. The molecule has 1 amide bonds. The Morgan fingerprint density at radius 1 is 1.25 bits per heavy atom. The molecule has 12 heteroatoms. The second-order valence-electron chi connectivity index (χ2n) is 6.54. The number of benzene rings is 1. The van der Waals surface area contributed by atoms with Gasteiger partial charge in [0.05, 0.1) is 12.2 Å². The normalized spacial score (nSPS) is 12.1. The Bertz CT molecular complexity index is 1130. The lowest BCUT2D eigenvalue weighted by Crippen LogP contribution is -2.28. The number of carbonyl (C=O) groups is 2. The summed E-state index contributed by atoms with van der Waals surface area (Å²) in [5.41, 5.74) is 2.78. The highest BCUT2D eigenvalue weighted by molar-refractivity contribution is 5.77. The predicted octanol–water partition coefficient (Wildman–Crippen LogP) is 2.70. The van der Waals surface area contributed by atoms with Crippen LogP contribution in [0.4, 0.5) is 13.2 Å². The maximum Gasteiger partial charge on any atom is 0.490 e. The number of hydrogen-bond acceptors (Lipinski definition) is 6. The summed E-state index contributed by atoms with van der Waals surface area (Å²) in [5.74, 6) is -1.11. The lowest BCUT2D eigenvalue weighted by Gasteiger charge is -2.07. The summed E-state index contributed by atoms with van der Waals surface area (Å²) >= 11 is 0. The first-order valence-corrected chi connectivity index (χ1v) is 9.16. The van der Waals surface area contributed by atoms with Gasteiger partial charge in [0.15, 0.2) is 18.1 Å². The first kappa shape index (κ1) is 22.7. The molecule has 0 saturated heterocycles. The minimum atomic E-state index is -5.08. The number of aliphatic carboxylic acids is 1. The van der Waals surface area contributed by atoms with Crippen LogP contribution in [0.3, 0.4) is 0 Å². The molecule has 0 unspecified atom stereocenters. The van der Waals surface area contributed by atoms with Gasteiger partial charge in [0.1, 0.15) is 11.4 Å². The van der Waals surface area contributed by atoms with Gasteiger partial charge in [-0.25, -0.2) is 9.78 Å². The fourth-order valence-corrected chi connectivity index (χ4v) is 2.65. The van der Waals surface area contributed by atoms with E-state index in [0.29, 0.717) is 23.8 Å². The zero-order valence-corrected chi connectivity index (χ0v) is 16.7. The van der Waals surface area contributed by atoms with Crippen molar-refractivity contribution in [1.82, 2.24) is 14.7 Å². The van der Waals surface area contributed by atoms with Crippen LogP contribution in [0, 0.1) is 6.92 Å². The number of carboxylic acids is 1. The van der Waals surface area contributed by atoms with Crippen LogP contribution in [-0.4, -0.2) is 45.9 Å². The van der Waals surface area contributed by atoms with E-state index in [4.69, 9.17) is 24.1 Å². The molecule has 0 bridgehead atoms. The maximum atomic E-state index is 12.0. The van der Waals surface area contributed by atoms with Gasteiger partial charge in [0, 0.05) is 18.5 Å². The third-order valence-corrected chi connectivity index (χ3v) is 4.15. The second-order valence-corrected chi connectivity index (χ2v) is 6.54. The van der Waals surface area contributed by atoms with Crippen molar-refractivity contribution in [3.8, 4) is 17.2 Å². The maximum absolute atomic E-state index is 12.0. The van der Waals surface area contributed by atoms with Gasteiger partial charge in [0.25, 0.3) is 5.91 Å². The fourth-order valence-electron chi connectivity index (χ4n) is 2.65. The standard InChI is InChI=1S/C18H17N3O4.C2HF3O2/c1-12-3-2-6-21-9-13(20-18(12)21)8-19-17(22)10-23-14-4-5-15-16(7-14)25-11-24-15;3-2(4,5)1(6)7/h2-7,9H,8,10-11H2,1H3,(H,19,22);(H,6,7). The van der Waals surface area contributed by atoms with Crippen molar-refractivity contribution in [3.63, 3.8) is 0 Å². The summed E-state index contributed by atoms with van der Waals surface area (Å²) in [6, 6.07) is 9.18. The number of halogens is 3. The number of pyridine rings is 1. The molecule has 2 N–H and O–H groups in total. The molecule has 1 aromatic carbocycles. The highest BCUT2D eigenvalue weighted by Gasteiger charge is 2.38. The number of alkyl halides is 3. The number of aromatic nitrogens is 2. The van der Waals surface area contributed by atoms with Crippen LogP contribution in [0.1, 0.15) is 11.3 Å². The summed E-state index contributed by atoms with van der Waals surface area (Å²) in [6.07, 6.45) is -1.25. The molecule has 1 aliphatic heterocycles. The van der Waals surface area contributed by atoms with E-state index < -0.39 is 12.1 Å². The van der Waals surface area contributed by atoms with Crippen molar-refractivity contribution in [3.05, 3.63) is 54.0 Å². The monoisotopic (exact) mass is 453 g/mol. The van der Waals surface area contributed by atoms with E-state index in [0.717, 1.165) is 16.9 Å². The van der Waals surface area contributed by atoms with Crippen LogP contribution < -0.4 is 19.5 Å². The number of nitrogens with one attached hydrogen (secondary N) is 1. The largest absolute Gasteiger partial charge is 0.490 e. The van der Waals surface area contributed by atoms with Crippen molar-refractivity contribution in [2.75, 3.05) is 13.4 Å². The smallest absolute Gasteiger partial charge is 0.484 e. The van der Waals surface area contributed by atoms with Crippen molar-refractivity contribution in [2.24, 2.45) is 0 Å². The molecule has 170 valence electrons. The highest BCUT2D eigenvalue weighted by Crippen LogP contribution is 2.35. The van der Waals surface area contributed by atoms with Crippen molar-refractivity contribution < 1.29 is 42.1 Å². The number of nitrogens with zero attached hydrogens (tertiary/aromatic N) is 2. The first-order valence-electron chi connectivity index (χ1n) is 9.16. The number of carboxylic acid groups (broad SMARTS) is 1. The van der Waals surface area contributed by atoms with Gasteiger partial charge in [-0.2, -0.15) is 13.2 Å². The van der Waals surface area contributed by atoms with E-state index in [2.05, 4.69) is 10.3 Å². The second kappa shape index (κ2) is 9.45. The van der Waals surface area contributed by atoms with Crippen LogP contribution in [0.2, 0.25) is 0 Å². The van der Waals surface area contributed by atoms with Crippen LogP contribution in [0.15, 0.2) is 42.7 Å². The van der Waals surface area contributed by atoms with E-state index in [1.807, 2.05) is 35.9 Å². The number of amides is 1. The van der Waals surface area contributed by atoms with Crippen molar-refractivity contribution in [2.45, 2.75) is 19.6 Å². The van der Waals surface area contributed by atoms with E-state index >= 15 is 0 Å². The molecular weight excluding hydrogens is 435 g/mol. The Morgan fingerprint density at radius 2 is 1.97 bits per heavy atom. The first-order chi connectivity index (χ1) is 15.1. The number of carbonyl (C=O) groups excluding carboxylic acids is 1. The highest BCUT2D eigenvalue weighted by atomic mass is 19.4. The molecule has 32 heavy (non-hydrogen) atoms. The van der Waals surface area contributed by atoms with Crippen molar-refractivity contribution in [1.29, 1.82) is 0 Å². The quantitative estimate of drug-likeness (QED) is 0.611. The molecule has 0 aliphatic carbocycles. The van der Waals surface area contributed by atoms with Gasteiger partial charge >= 0.3 is 12.1 Å². The van der Waals surface area contributed by atoms with Crippen molar-refractivity contribution >= 4 is 17.5 Å². The molecule has 1 aliphatic rings. The third kappa shape index (κ3) is 5.80. The third-order valence-electron chi connectivity index (χ3n) is 4.15. The van der Waals surface area contributed by atoms with Gasteiger partial charge < -0.3 is 29.0 Å². The number of ether oxygens (including phenoxy) is 3. The van der Waals surface area contributed by atoms with Crippen LogP contribution in [0.5, 0.6) is 17.2 Å². The fraction of sp³-hybridized carbons (Fsp3) is 0.250. The van der Waals surface area contributed by atoms with Crippen LogP contribution in [0.25, 0.3) is 5.65 Å². The summed E-state index contributed by atoms with van der Waals surface area (Å²) in [5, 5.41) is 9.93. The van der Waals surface area contributed by atoms with Gasteiger partial charge in [-0.05, 0) is 30.7 Å². The average Bonchev–Trinajstić information content (AvgIpc) is 3.37. The molecule has 0 saturated carbocycles. The zero-order chi connectivity index (χ0) is 23.3. The SMILES string of the molecule is Cc1cccn2cc(CNC(=O)COc3ccc4c(c3)OCO4)nc12.O=C(O)C(F)(F)F. The Kier molecular flexibility index (Phi) is 6.71. The summed E-state index contributed by atoms with van der Waals surface area (Å²) < 4.78 is 49.7. The predicted molar refractivity (Wildman–Crippen MR) is 104 cm³/mol. The number of rotatable bonds is 5. The van der Waals surface area contributed by atoms with Crippen LogP contribution in [-0.2, 0) is 16.1 Å². The van der Waals surface area contributed by atoms with E-state index in [9.17, 15) is 18.0 Å². The molecule has 4 rings (SSSR count). The molecule has 3 heterocycles. The molecule has 0 radical (unpaired) electrons. The lowest BCUT2D eigenvalue weighted by molar-refractivity contribution is -0.192. The number of fused-ring (bicyclic) bond motifs is 2. The van der Waals surface area contributed by atoms with Crippen LogP contribution >= 0.6 is 0 Å². The zero-order valence-electron chi connectivity index (χ0n) is 16.7. The topological polar surface area (TPSA) is 111 Å². The molecule has 3 aromatic rings. The minimum Gasteiger partial charge on any atom is -0.484 e. The van der Waals surface area contributed by atoms with Gasteiger partial charge in [-0.1, -0.05) is 6.07 Å². The Morgan fingerprint density at radius 3 is 2.66 bits per heavy atom. The van der Waals surface area contributed by atoms with E-state index in [1.165, 1.54) is 0 Å². The Balaban J connectivity index is 0.000000360. The van der Waals surface area contributed by atoms with E-state index in [1.54, 1.807) is 18.2 Å². The summed E-state index contributed by atoms with van der Waals surface area (Å²) in [6.45, 7) is 2.48. The number of hydrogen-bond donors (Lipinski definition) is 2. The van der Waals surface area contributed by atoms with Gasteiger partial charge in [0.2, 0.25) is 6.79 Å². The molecule has 0 atom stereocenters. The number of imidazole rings is 1. The molecule has 2 aromatic heterocycles. The Labute approximate surface area is 179 Å². The lowest BCUT2D eigenvalue weighted by atomic mass is 10.3. The number of aryl methyl sites for hydroxylation is 1. The van der Waals surface area contributed by atoms with Gasteiger partial charge in [-0.3, -0.25) is 4.79 Å². The average molecular weight is 453 g/mol. The summed E-state index contributed by atoms with van der Waals surface area (Å²) in [7, 11) is 0. The molecule has 9 nitrogen and oxygen atoms in total. The molecule has 0 fully saturated rings. The minimum absolute atomic E-state index is 0.0773.